The van der Waals surface area contributed by atoms with Crippen molar-refractivity contribution < 1.29 is 9.90 Å². The first-order chi connectivity index (χ1) is 9.44. The Morgan fingerprint density at radius 3 is 2.95 bits per heavy atom. The fourth-order valence-electron chi connectivity index (χ4n) is 2.24. The molecule has 0 spiro atoms. The van der Waals surface area contributed by atoms with Crippen molar-refractivity contribution in [2.75, 3.05) is 11.5 Å². The van der Waals surface area contributed by atoms with E-state index in [1.165, 1.54) is 0 Å². The lowest BCUT2D eigenvalue weighted by molar-refractivity contribution is 0.0714. The number of nitrogens with one attached hydrogen (secondary N) is 1. The van der Waals surface area contributed by atoms with Crippen LogP contribution < -0.4 is 5.32 Å². The highest BCUT2D eigenvalue weighted by Gasteiger charge is 2.18. The molecule has 4 heteroatoms. The Morgan fingerprint density at radius 1 is 1.50 bits per heavy atom. The highest BCUT2D eigenvalue weighted by atomic mass is 32.2. The Balaban J connectivity index is 1.95. The summed E-state index contributed by atoms with van der Waals surface area (Å²) in [5.41, 5.74) is 1.15. The number of carbonyl (C=O) groups excluding carboxylic acids is 1. The average Bonchev–Trinajstić information content (AvgIpc) is 2.89. The van der Waals surface area contributed by atoms with Crippen molar-refractivity contribution >= 4 is 17.7 Å². The largest absolute Gasteiger partial charge is 0.390 e. The van der Waals surface area contributed by atoms with Crippen molar-refractivity contribution in [3.63, 3.8) is 0 Å². The van der Waals surface area contributed by atoms with Gasteiger partial charge in [0.2, 0.25) is 0 Å². The van der Waals surface area contributed by atoms with Crippen LogP contribution in [0.5, 0.6) is 0 Å². The zero-order chi connectivity index (χ0) is 14.6. The van der Waals surface area contributed by atoms with E-state index in [1.807, 2.05) is 36.0 Å². The number of benzene rings is 1. The predicted octanol–water partition coefficient (Wildman–Crippen LogP) is 2.63. The van der Waals surface area contributed by atoms with Crippen molar-refractivity contribution in [1.29, 1.82) is 0 Å². The molecule has 1 amide bonds. The monoisotopic (exact) mass is 293 g/mol. The Morgan fingerprint density at radius 2 is 2.30 bits per heavy atom. The fraction of sp³-hybridized carbons (Fsp3) is 0.562. The highest BCUT2D eigenvalue weighted by molar-refractivity contribution is 7.99. The summed E-state index contributed by atoms with van der Waals surface area (Å²) in [6.07, 6.45) is 2.54. The van der Waals surface area contributed by atoms with Gasteiger partial charge in [0.15, 0.2) is 0 Å². The topological polar surface area (TPSA) is 49.3 Å². The number of hydrogen-bond acceptors (Lipinski definition) is 3. The third-order valence-corrected chi connectivity index (χ3v) is 4.64. The third kappa shape index (κ3) is 4.84. The third-order valence-electron chi connectivity index (χ3n) is 3.48. The Labute approximate surface area is 125 Å². The minimum absolute atomic E-state index is 0.0163. The average molecular weight is 293 g/mol. The summed E-state index contributed by atoms with van der Waals surface area (Å²) >= 11 is 1.89. The lowest BCUT2D eigenvalue weighted by Gasteiger charge is -2.17. The second-order valence-corrected chi connectivity index (χ2v) is 7.20. The van der Waals surface area contributed by atoms with Gasteiger partial charge >= 0.3 is 0 Å². The molecular formula is C16H23NO2S. The molecular weight excluding hydrogens is 270 g/mol. The summed E-state index contributed by atoms with van der Waals surface area (Å²) in [7, 11) is 0. The van der Waals surface area contributed by atoms with E-state index in [0.29, 0.717) is 12.5 Å². The zero-order valence-corrected chi connectivity index (χ0v) is 13.0. The van der Waals surface area contributed by atoms with Crippen LogP contribution in [-0.2, 0) is 6.42 Å². The van der Waals surface area contributed by atoms with Crippen molar-refractivity contribution in [2.24, 2.45) is 0 Å². The van der Waals surface area contributed by atoms with Gasteiger partial charge in [-0.05, 0) is 56.6 Å². The van der Waals surface area contributed by atoms with Gasteiger partial charge in [0.1, 0.15) is 0 Å². The van der Waals surface area contributed by atoms with E-state index in [0.717, 1.165) is 35.5 Å². The summed E-state index contributed by atoms with van der Waals surface area (Å²) in [6, 6.07) is 8.02. The normalized spacial score (nSPS) is 19.1. The number of rotatable bonds is 5. The zero-order valence-electron chi connectivity index (χ0n) is 12.2. The minimum atomic E-state index is -0.667. The van der Waals surface area contributed by atoms with E-state index in [1.54, 1.807) is 13.8 Å². The highest BCUT2D eigenvalue weighted by Crippen LogP contribution is 2.18. The maximum Gasteiger partial charge on any atom is 0.251 e. The smallest absolute Gasteiger partial charge is 0.251 e. The molecule has 0 bridgehead atoms. The van der Waals surface area contributed by atoms with Gasteiger partial charge in [-0.25, -0.2) is 0 Å². The van der Waals surface area contributed by atoms with Gasteiger partial charge in [-0.2, -0.15) is 11.8 Å². The van der Waals surface area contributed by atoms with Crippen molar-refractivity contribution in [3.8, 4) is 0 Å². The van der Waals surface area contributed by atoms with Crippen LogP contribution in [0, 0.1) is 0 Å². The molecule has 110 valence electrons. The summed E-state index contributed by atoms with van der Waals surface area (Å²) in [5, 5.41) is 12.9. The number of aliphatic hydroxyl groups is 1. The van der Waals surface area contributed by atoms with E-state index in [9.17, 15) is 9.90 Å². The molecule has 1 aliphatic rings. The van der Waals surface area contributed by atoms with Crippen LogP contribution in [0.4, 0.5) is 0 Å². The molecule has 0 radical (unpaired) electrons. The summed E-state index contributed by atoms with van der Waals surface area (Å²) in [4.78, 5) is 12.2. The van der Waals surface area contributed by atoms with E-state index < -0.39 is 5.60 Å². The quantitative estimate of drug-likeness (QED) is 0.877. The molecule has 1 fully saturated rings. The minimum Gasteiger partial charge on any atom is -0.390 e. The molecule has 1 heterocycles. The molecule has 3 nitrogen and oxygen atoms in total. The molecule has 1 aromatic carbocycles. The Kier molecular flexibility index (Phi) is 5.11. The van der Waals surface area contributed by atoms with Crippen LogP contribution in [0.3, 0.4) is 0 Å². The predicted molar refractivity (Wildman–Crippen MR) is 84.3 cm³/mol. The lowest BCUT2D eigenvalue weighted by Crippen LogP contribution is -2.34. The fourth-order valence-corrected chi connectivity index (χ4v) is 3.39. The van der Waals surface area contributed by atoms with Crippen molar-refractivity contribution in [3.05, 3.63) is 35.4 Å². The molecule has 1 atom stereocenters. The molecule has 20 heavy (non-hydrogen) atoms. The molecule has 0 saturated carbocycles. The maximum absolute atomic E-state index is 12.2. The van der Waals surface area contributed by atoms with E-state index in [4.69, 9.17) is 0 Å². The first kappa shape index (κ1) is 15.4. The van der Waals surface area contributed by atoms with Gasteiger partial charge < -0.3 is 10.4 Å². The molecule has 2 N–H and O–H groups in total. The van der Waals surface area contributed by atoms with Gasteiger partial charge in [-0.3, -0.25) is 4.79 Å². The van der Waals surface area contributed by atoms with E-state index >= 15 is 0 Å². The number of thioether (sulfide) groups is 1. The Bertz CT molecular complexity index is 462. The van der Waals surface area contributed by atoms with Gasteiger partial charge in [-0.15, -0.1) is 0 Å². The summed E-state index contributed by atoms with van der Waals surface area (Å²) in [6.45, 7) is 3.61. The van der Waals surface area contributed by atoms with Crippen LogP contribution in [0.15, 0.2) is 24.3 Å². The SMILES string of the molecule is CC(C)(O)CCc1cccc(C(=O)N[C@H]2CCSC2)c1. The first-order valence-corrected chi connectivity index (χ1v) is 8.29. The first-order valence-electron chi connectivity index (χ1n) is 7.14. The molecule has 1 aromatic rings. The van der Waals surface area contributed by atoms with Crippen LogP contribution in [0.1, 0.15) is 42.6 Å². The number of hydrogen-bond donors (Lipinski definition) is 2. The molecule has 1 saturated heterocycles. The van der Waals surface area contributed by atoms with Crippen LogP contribution in [0.2, 0.25) is 0 Å². The molecule has 0 unspecified atom stereocenters. The van der Waals surface area contributed by atoms with Gasteiger partial charge in [0.25, 0.3) is 5.91 Å². The maximum atomic E-state index is 12.2. The van der Waals surface area contributed by atoms with E-state index in [-0.39, 0.29) is 5.91 Å². The second kappa shape index (κ2) is 6.64. The molecule has 0 aromatic heterocycles. The number of aryl methyl sites for hydroxylation is 1. The Hall–Kier alpha value is -1.00. The molecule has 2 rings (SSSR count). The van der Waals surface area contributed by atoms with Gasteiger partial charge in [0.05, 0.1) is 5.60 Å². The van der Waals surface area contributed by atoms with Crippen molar-refractivity contribution in [2.45, 2.75) is 44.8 Å². The van der Waals surface area contributed by atoms with Gasteiger partial charge in [0, 0.05) is 17.4 Å². The second-order valence-electron chi connectivity index (χ2n) is 6.05. The van der Waals surface area contributed by atoms with E-state index in [2.05, 4.69) is 5.32 Å². The number of amides is 1. The molecule has 1 aliphatic heterocycles. The van der Waals surface area contributed by atoms with Crippen LogP contribution in [0.25, 0.3) is 0 Å². The molecule has 0 aliphatic carbocycles. The standard InChI is InChI=1S/C16H23NO2S/c1-16(2,19)8-6-12-4-3-5-13(10-12)15(18)17-14-7-9-20-11-14/h3-5,10,14,19H,6-9,11H2,1-2H3,(H,17,18)/t14-/m0/s1. The lowest BCUT2D eigenvalue weighted by atomic mass is 9.98. The van der Waals surface area contributed by atoms with Crippen molar-refractivity contribution in [1.82, 2.24) is 5.32 Å². The van der Waals surface area contributed by atoms with Gasteiger partial charge in [-0.1, -0.05) is 12.1 Å². The summed E-state index contributed by atoms with van der Waals surface area (Å²) < 4.78 is 0. The summed E-state index contributed by atoms with van der Waals surface area (Å²) in [5.74, 6) is 2.17. The van der Waals surface area contributed by atoms with Crippen LogP contribution in [-0.4, -0.2) is 34.2 Å². The van der Waals surface area contributed by atoms with Crippen LogP contribution >= 0.6 is 11.8 Å². The number of carbonyl (C=O) groups is 1.